The zero-order valence-electron chi connectivity index (χ0n) is 8.12. The van der Waals surface area contributed by atoms with Gasteiger partial charge in [-0.2, -0.15) is 0 Å². The third kappa shape index (κ3) is 2.60. The lowest BCUT2D eigenvalue weighted by Gasteiger charge is -2.11. The zero-order chi connectivity index (χ0) is 9.68. The van der Waals surface area contributed by atoms with Crippen LogP contribution in [0.2, 0.25) is 0 Å². The second-order valence-electron chi connectivity index (χ2n) is 2.98. The third-order valence-electron chi connectivity index (χ3n) is 1.85. The van der Waals surface area contributed by atoms with Crippen molar-refractivity contribution in [1.29, 1.82) is 0 Å². The summed E-state index contributed by atoms with van der Waals surface area (Å²) in [6, 6.07) is 0.191. The van der Waals surface area contributed by atoms with Gasteiger partial charge in [-0.3, -0.25) is 0 Å². The third-order valence-corrected chi connectivity index (χ3v) is 1.85. The lowest BCUT2D eigenvalue weighted by molar-refractivity contribution is 0.553. The Morgan fingerprint density at radius 2 is 2.54 bits per heavy atom. The van der Waals surface area contributed by atoms with E-state index in [1.807, 2.05) is 17.8 Å². The van der Waals surface area contributed by atoms with Crippen LogP contribution in [-0.2, 0) is 7.05 Å². The lowest BCUT2D eigenvalue weighted by Crippen LogP contribution is -2.20. The number of rotatable bonds is 4. The minimum atomic E-state index is 0.191. The second kappa shape index (κ2) is 4.68. The summed E-state index contributed by atoms with van der Waals surface area (Å²) in [4.78, 5) is 4.26. The van der Waals surface area contributed by atoms with Gasteiger partial charge in [-0.1, -0.05) is 6.92 Å². The fraction of sp³-hybridized carbons (Fsp3) is 0.500. The number of aryl methyl sites for hydroxylation is 1. The van der Waals surface area contributed by atoms with Crippen molar-refractivity contribution in [2.45, 2.75) is 19.4 Å². The molecule has 70 valence electrons. The molecule has 1 rings (SSSR count). The van der Waals surface area contributed by atoms with Crippen molar-refractivity contribution in [3.05, 3.63) is 18.2 Å². The van der Waals surface area contributed by atoms with Gasteiger partial charge in [0.15, 0.2) is 0 Å². The summed E-state index contributed by atoms with van der Waals surface area (Å²) >= 11 is 0. The maximum Gasteiger partial charge on any atom is 0.0947 e. The molecule has 0 aromatic carbocycles. The Labute approximate surface area is 79.2 Å². The lowest BCUT2D eigenvalue weighted by atomic mass is 10.1. The number of terminal acetylenes is 1. The van der Waals surface area contributed by atoms with E-state index < -0.39 is 0 Å². The first-order valence-corrected chi connectivity index (χ1v) is 4.42. The van der Waals surface area contributed by atoms with Crippen LogP contribution in [0.1, 0.15) is 25.1 Å². The highest BCUT2D eigenvalue weighted by molar-refractivity contribution is 5.07. The molecule has 0 aliphatic heterocycles. The Bertz CT molecular complexity index is 295. The van der Waals surface area contributed by atoms with E-state index in [-0.39, 0.29) is 6.04 Å². The summed E-state index contributed by atoms with van der Waals surface area (Å²) in [6.07, 6.45) is 9.74. The van der Waals surface area contributed by atoms with Gasteiger partial charge in [0.25, 0.3) is 0 Å². The van der Waals surface area contributed by atoms with Crippen LogP contribution >= 0.6 is 0 Å². The van der Waals surface area contributed by atoms with Gasteiger partial charge in [-0.25, -0.2) is 4.98 Å². The summed E-state index contributed by atoms with van der Waals surface area (Å²) in [5.74, 6) is 2.65. The molecule has 3 nitrogen and oxygen atoms in total. The van der Waals surface area contributed by atoms with Crippen molar-refractivity contribution in [1.82, 2.24) is 14.9 Å². The predicted octanol–water partition coefficient (Wildman–Crippen LogP) is 1.09. The summed E-state index contributed by atoms with van der Waals surface area (Å²) in [7, 11) is 1.95. The number of hydrogen-bond acceptors (Lipinski definition) is 2. The standard InChI is InChI=1S/C10H15N3/c1-4-6-9(11-5-2)10-7-13(3)8-12-10/h1,7-9,11H,5-6H2,2-3H3. The molecular weight excluding hydrogens is 162 g/mol. The molecular formula is C10H15N3. The normalized spacial score (nSPS) is 12.4. The minimum absolute atomic E-state index is 0.191. The maximum absolute atomic E-state index is 5.28. The molecule has 1 unspecified atom stereocenters. The molecule has 1 aromatic rings. The van der Waals surface area contributed by atoms with E-state index in [9.17, 15) is 0 Å². The summed E-state index contributed by atoms with van der Waals surface area (Å²) in [5, 5.41) is 3.29. The van der Waals surface area contributed by atoms with Crippen molar-refractivity contribution in [3.8, 4) is 12.3 Å². The van der Waals surface area contributed by atoms with Crippen molar-refractivity contribution in [3.63, 3.8) is 0 Å². The average Bonchev–Trinajstić information content (AvgIpc) is 2.51. The molecule has 0 amide bonds. The number of nitrogens with zero attached hydrogens (tertiary/aromatic N) is 2. The fourth-order valence-electron chi connectivity index (χ4n) is 1.26. The van der Waals surface area contributed by atoms with E-state index in [1.165, 1.54) is 0 Å². The first-order chi connectivity index (χ1) is 6.27. The highest BCUT2D eigenvalue weighted by Gasteiger charge is 2.10. The van der Waals surface area contributed by atoms with Crippen LogP contribution in [0.4, 0.5) is 0 Å². The van der Waals surface area contributed by atoms with E-state index >= 15 is 0 Å². The summed E-state index contributed by atoms with van der Waals surface area (Å²) < 4.78 is 1.93. The highest BCUT2D eigenvalue weighted by Crippen LogP contribution is 2.12. The summed E-state index contributed by atoms with van der Waals surface area (Å²) in [5.41, 5.74) is 1.02. The fourth-order valence-corrected chi connectivity index (χ4v) is 1.26. The highest BCUT2D eigenvalue weighted by atomic mass is 15.0. The molecule has 13 heavy (non-hydrogen) atoms. The Kier molecular flexibility index (Phi) is 3.53. The van der Waals surface area contributed by atoms with Crippen molar-refractivity contribution < 1.29 is 0 Å². The Hall–Kier alpha value is -1.27. The minimum Gasteiger partial charge on any atom is -0.340 e. The molecule has 1 atom stereocenters. The van der Waals surface area contributed by atoms with Crippen LogP contribution in [-0.4, -0.2) is 16.1 Å². The van der Waals surface area contributed by atoms with Gasteiger partial charge in [0.1, 0.15) is 0 Å². The topological polar surface area (TPSA) is 29.9 Å². The molecule has 0 fully saturated rings. The Morgan fingerprint density at radius 3 is 3.00 bits per heavy atom. The van der Waals surface area contributed by atoms with Crippen molar-refractivity contribution >= 4 is 0 Å². The second-order valence-corrected chi connectivity index (χ2v) is 2.98. The first kappa shape index (κ1) is 9.82. The van der Waals surface area contributed by atoms with Gasteiger partial charge in [0.05, 0.1) is 18.1 Å². The van der Waals surface area contributed by atoms with Crippen LogP contribution in [0, 0.1) is 12.3 Å². The van der Waals surface area contributed by atoms with E-state index in [0.717, 1.165) is 12.2 Å². The largest absolute Gasteiger partial charge is 0.340 e. The molecule has 0 aliphatic rings. The predicted molar refractivity (Wildman–Crippen MR) is 53.1 cm³/mol. The Balaban J connectivity index is 2.70. The zero-order valence-corrected chi connectivity index (χ0v) is 8.12. The molecule has 0 saturated heterocycles. The van der Waals surface area contributed by atoms with Gasteiger partial charge < -0.3 is 9.88 Å². The number of hydrogen-bond donors (Lipinski definition) is 1. The molecule has 0 radical (unpaired) electrons. The van der Waals surface area contributed by atoms with E-state index in [2.05, 4.69) is 23.1 Å². The molecule has 0 saturated carbocycles. The quantitative estimate of drug-likeness (QED) is 0.698. The summed E-state index contributed by atoms with van der Waals surface area (Å²) in [6.45, 7) is 2.97. The SMILES string of the molecule is C#CCC(NCC)c1cn(C)cn1. The first-order valence-electron chi connectivity index (χ1n) is 4.42. The van der Waals surface area contributed by atoms with Gasteiger partial charge in [0, 0.05) is 19.7 Å². The monoisotopic (exact) mass is 177 g/mol. The van der Waals surface area contributed by atoms with Gasteiger partial charge in [-0.15, -0.1) is 12.3 Å². The van der Waals surface area contributed by atoms with Gasteiger partial charge in [-0.05, 0) is 6.54 Å². The van der Waals surface area contributed by atoms with Crippen LogP contribution in [0.15, 0.2) is 12.5 Å². The molecule has 0 aliphatic carbocycles. The van der Waals surface area contributed by atoms with Crippen LogP contribution in [0.3, 0.4) is 0 Å². The van der Waals surface area contributed by atoms with E-state index in [0.29, 0.717) is 6.42 Å². The smallest absolute Gasteiger partial charge is 0.0947 e. The van der Waals surface area contributed by atoms with E-state index in [4.69, 9.17) is 6.42 Å². The van der Waals surface area contributed by atoms with Gasteiger partial charge >= 0.3 is 0 Å². The van der Waals surface area contributed by atoms with E-state index in [1.54, 1.807) is 6.33 Å². The molecule has 0 spiro atoms. The number of nitrogens with one attached hydrogen (secondary N) is 1. The molecule has 1 N–H and O–H groups in total. The average molecular weight is 177 g/mol. The Morgan fingerprint density at radius 1 is 1.77 bits per heavy atom. The van der Waals surface area contributed by atoms with Crippen molar-refractivity contribution in [2.24, 2.45) is 7.05 Å². The van der Waals surface area contributed by atoms with Gasteiger partial charge in [0.2, 0.25) is 0 Å². The van der Waals surface area contributed by atoms with Crippen LogP contribution in [0.5, 0.6) is 0 Å². The number of imidazole rings is 1. The molecule has 3 heteroatoms. The maximum atomic E-state index is 5.28. The number of aromatic nitrogens is 2. The van der Waals surface area contributed by atoms with Crippen LogP contribution < -0.4 is 5.32 Å². The molecule has 1 heterocycles. The molecule has 0 bridgehead atoms. The van der Waals surface area contributed by atoms with Crippen molar-refractivity contribution in [2.75, 3.05) is 6.54 Å². The van der Waals surface area contributed by atoms with Crippen LogP contribution in [0.25, 0.3) is 0 Å². The molecule has 1 aromatic heterocycles.